The molecule has 104 valence electrons. The van der Waals surface area contributed by atoms with E-state index < -0.39 is 0 Å². The Hall–Kier alpha value is -1.55. The fourth-order valence-corrected chi connectivity index (χ4v) is 2.03. The molecule has 1 heterocycles. The average molecular weight is 264 g/mol. The van der Waals surface area contributed by atoms with Gasteiger partial charge in [-0.3, -0.25) is 4.79 Å². The van der Waals surface area contributed by atoms with E-state index in [4.69, 9.17) is 9.47 Å². The van der Waals surface area contributed by atoms with Crippen molar-refractivity contribution in [2.45, 2.75) is 19.3 Å². The zero-order valence-electron chi connectivity index (χ0n) is 11.3. The van der Waals surface area contributed by atoms with Gasteiger partial charge in [0, 0.05) is 18.9 Å². The molecule has 19 heavy (non-hydrogen) atoms. The normalized spacial score (nSPS) is 18.3. The van der Waals surface area contributed by atoms with Gasteiger partial charge < -0.3 is 14.2 Å². The first-order chi connectivity index (χ1) is 9.28. The molecule has 0 aromatic heterocycles. The second-order valence-corrected chi connectivity index (χ2v) is 4.76. The molecule has 4 nitrogen and oxygen atoms in total. The van der Waals surface area contributed by atoms with Crippen LogP contribution in [0.1, 0.15) is 18.4 Å². The summed E-state index contributed by atoms with van der Waals surface area (Å²) in [5.74, 6) is 1.20. The van der Waals surface area contributed by atoms with Gasteiger partial charge in [-0.2, -0.15) is 0 Å². The number of carbonyl (C=O) groups excluding carboxylic acids is 1. The van der Waals surface area contributed by atoms with E-state index in [1.54, 1.807) is 0 Å². The van der Waals surface area contributed by atoms with Crippen LogP contribution in [0.2, 0.25) is 0 Å². The van der Waals surface area contributed by atoms with Crippen LogP contribution < -0.4 is 4.74 Å². The third-order valence-corrected chi connectivity index (χ3v) is 3.28. The molecular weight excluding hydrogens is 244 g/mol. The van der Waals surface area contributed by atoms with Crippen molar-refractivity contribution >= 4 is 5.97 Å². The molecule has 0 saturated carbocycles. The summed E-state index contributed by atoms with van der Waals surface area (Å²) in [5.41, 5.74) is 1.11. The summed E-state index contributed by atoms with van der Waals surface area (Å²) in [6.45, 7) is 2.36. The Morgan fingerprint density at radius 2 is 2.16 bits per heavy atom. The van der Waals surface area contributed by atoms with Crippen LogP contribution in [0.25, 0.3) is 0 Å². The molecule has 0 amide bonds. The predicted molar refractivity (Wildman–Crippen MR) is 71.2 cm³/mol. The predicted octanol–water partition coefficient (Wildman–Crippen LogP) is 2.21. The summed E-state index contributed by atoms with van der Waals surface area (Å²) in [5, 5.41) is 0. The number of aryl methyl sites for hydroxylation is 1. The van der Waals surface area contributed by atoms with Crippen molar-refractivity contribution in [1.82, 2.24) is 0 Å². The first-order valence-corrected chi connectivity index (χ1v) is 6.64. The summed E-state index contributed by atoms with van der Waals surface area (Å²) < 4.78 is 15.6. The summed E-state index contributed by atoms with van der Waals surface area (Å²) in [6.07, 6.45) is 2.19. The highest BCUT2D eigenvalue weighted by Gasteiger charge is 2.16. The SMILES string of the molecule is COC(=O)CCc1ccc(OCC2CCOC2)cc1. The van der Waals surface area contributed by atoms with E-state index in [9.17, 15) is 4.79 Å². The summed E-state index contributed by atoms with van der Waals surface area (Å²) in [7, 11) is 1.41. The minimum Gasteiger partial charge on any atom is -0.493 e. The summed E-state index contributed by atoms with van der Waals surface area (Å²) >= 11 is 0. The number of carbonyl (C=O) groups is 1. The number of methoxy groups -OCH3 is 1. The quantitative estimate of drug-likeness (QED) is 0.739. The van der Waals surface area contributed by atoms with Gasteiger partial charge in [0.05, 0.1) is 20.3 Å². The molecule has 1 aromatic carbocycles. The number of rotatable bonds is 6. The van der Waals surface area contributed by atoms with Crippen LogP contribution in [0.3, 0.4) is 0 Å². The molecular formula is C15H20O4. The van der Waals surface area contributed by atoms with E-state index in [1.165, 1.54) is 7.11 Å². The number of benzene rings is 1. The highest BCUT2D eigenvalue weighted by atomic mass is 16.5. The van der Waals surface area contributed by atoms with Crippen molar-refractivity contribution < 1.29 is 19.0 Å². The Kier molecular flexibility index (Phi) is 5.21. The van der Waals surface area contributed by atoms with Gasteiger partial charge in [-0.25, -0.2) is 0 Å². The third kappa shape index (κ3) is 4.56. The van der Waals surface area contributed by atoms with E-state index in [0.29, 0.717) is 25.4 Å². The largest absolute Gasteiger partial charge is 0.493 e. The number of hydrogen-bond acceptors (Lipinski definition) is 4. The lowest BCUT2D eigenvalue weighted by Crippen LogP contribution is -2.11. The molecule has 0 spiro atoms. The zero-order valence-corrected chi connectivity index (χ0v) is 11.3. The molecule has 2 rings (SSSR count). The lowest BCUT2D eigenvalue weighted by molar-refractivity contribution is -0.140. The second kappa shape index (κ2) is 7.14. The highest BCUT2D eigenvalue weighted by molar-refractivity contribution is 5.69. The molecule has 1 saturated heterocycles. The summed E-state index contributed by atoms with van der Waals surface area (Å²) in [4.78, 5) is 11.0. The Morgan fingerprint density at radius 1 is 1.37 bits per heavy atom. The molecule has 0 bridgehead atoms. The number of hydrogen-bond donors (Lipinski definition) is 0. The van der Waals surface area contributed by atoms with E-state index in [-0.39, 0.29) is 5.97 Å². The molecule has 1 fully saturated rings. The molecule has 4 heteroatoms. The van der Waals surface area contributed by atoms with Gasteiger partial charge in [-0.15, -0.1) is 0 Å². The highest BCUT2D eigenvalue weighted by Crippen LogP contribution is 2.17. The fraction of sp³-hybridized carbons (Fsp3) is 0.533. The molecule has 1 atom stereocenters. The standard InChI is InChI=1S/C15H20O4/c1-17-15(16)7-4-12-2-5-14(6-3-12)19-11-13-8-9-18-10-13/h2-3,5-6,13H,4,7-11H2,1H3. The Labute approximate surface area is 113 Å². The monoisotopic (exact) mass is 264 g/mol. The molecule has 0 aliphatic carbocycles. The zero-order chi connectivity index (χ0) is 13.5. The minimum absolute atomic E-state index is 0.179. The number of ether oxygens (including phenoxy) is 3. The van der Waals surface area contributed by atoms with Crippen molar-refractivity contribution in [2.24, 2.45) is 5.92 Å². The maximum atomic E-state index is 11.0. The Balaban J connectivity index is 1.75. The van der Waals surface area contributed by atoms with Crippen LogP contribution in [-0.2, 0) is 20.7 Å². The van der Waals surface area contributed by atoms with E-state index in [0.717, 1.165) is 30.9 Å². The Bertz CT molecular complexity index is 393. The average Bonchev–Trinajstić information content (AvgIpc) is 2.97. The van der Waals surface area contributed by atoms with Crippen molar-refractivity contribution in [3.8, 4) is 5.75 Å². The van der Waals surface area contributed by atoms with Crippen LogP contribution in [0.4, 0.5) is 0 Å². The first kappa shape index (κ1) is 13.9. The Morgan fingerprint density at radius 3 is 2.79 bits per heavy atom. The van der Waals surface area contributed by atoms with Gasteiger partial charge >= 0.3 is 5.97 Å². The van der Waals surface area contributed by atoms with Gasteiger partial charge in [-0.1, -0.05) is 12.1 Å². The van der Waals surface area contributed by atoms with E-state index >= 15 is 0 Å². The van der Waals surface area contributed by atoms with Gasteiger partial charge in [-0.05, 0) is 30.5 Å². The van der Waals surface area contributed by atoms with E-state index in [2.05, 4.69) is 4.74 Å². The minimum atomic E-state index is -0.179. The smallest absolute Gasteiger partial charge is 0.305 e. The first-order valence-electron chi connectivity index (χ1n) is 6.64. The lowest BCUT2D eigenvalue weighted by atomic mass is 10.1. The van der Waals surface area contributed by atoms with Gasteiger partial charge in [0.15, 0.2) is 0 Å². The third-order valence-electron chi connectivity index (χ3n) is 3.28. The second-order valence-electron chi connectivity index (χ2n) is 4.76. The van der Waals surface area contributed by atoms with Crippen LogP contribution in [0.15, 0.2) is 24.3 Å². The lowest BCUT2D eigenvalue weighted by Gasteiger charge is -2.10. The maximum Gasteiger partial charge on any atom is 0.305 e. The molecule has 0 N–H and O–H groups in total. The molecule has 1 unspecified atom stereocenters. The van der Waals surface area contributed by atoms with Gasteiger partial charge in [0.2, 0.25) is 0 Å². The number of esters is 1. The van der Waals surface area contributed by atoms with Crippen molar-refractivity contribution in [2.75, 3.05) is 26.9 Å². The van der Waals surface area contributed by atoms with Crippen LogP contribution in [-0.4, -0.2) is 32.9 Å². The molecule has 1 aliphatic rings. The van der Waals surface area contributed by atoms with Crippen LogP contribution in [0.5, 0.6) is 5.75 Å². The molecule has 1 aromatic rings. The fourth-order valence-electron chi connectivity index (χ4n) is 2.03. The summed E-state index contributed by atoms with van der Waals surface area (Å²) in [6, 6.07) is 7.87. The topological polar surface area (TPSA) is 44.8 Å². The van der Waals surface area contributed by atoms with Gasteiger partial charge in [0.1, 0.15) is 5.75 Å². The van der Waals surface area contributed by atoms with Gasteiger partial charge in [0.25, 0.3) is 0 Å². The molecule has 0 radical (unpaired) electrons. The van der Waals surface area contributed by atoms with Crippen molar-refractivity contribution in [3.05, 3.63) is 29.8 Å². The van der Waals surface area contributed by atoms with Crippen LogP contribution >= 0.6 is 0 Å². The molecule has 1 aliphatic heterocycles. The van der Waals surface area contributed by atoms with Crippen molar-refractivity contribution in [1.29, 1.82) is 0 Å². The maximum absolute atomic E-state index is 11.0. The van der Waals surface area contributed by atoms with Crippen LogP contribution in [0, 0.1) is 5.92 Å². The van der Waals surface area contributed by atoms with E-state index in [1.807, 2.05) is 24.3 Å². The van der Waals surface area contributed by atoms with Crippen molar-refractivity contribution in [3.63, 3.8) is 0 Å².